The van der Waals surface area contributed by atoms with Gasteiger partial charge < -0.3 is 15.4 Å². The van der Waals surface area contributed by atoms with E-state index in [2.05, 4.69) is 20.9 Å². The third kappa shape index (κ3) is 5.78. The lowest BCUT2D eigenvalue weighted by Crippen LogP contribution is -2.46. The third-order valence-electron chi connectivity index (χ3n) is 5.75. The first-order valence-corrected chi connectivity index (χ1v) is 11.5. The molecule has 7 nitrogen and oxygen atoms in total. The Hall–Kier alpha value is -2.64. The molecule has 1 aliphatic carbocycles. The number of carbonyl (C=O) groups excluding carboxylic acids is 2. The Bertz CT molecular complexity index is 976. The zero-order valence-electron chi connectivity index (χ0n) is 18.4. The van der Waals surface area contributed by atoms with Gasteiger partial charge in [0.05, 0.1) is 6.61 Å². The molecule has 2 atom stereocenters. The van der Waals surface area contributed by atoms with Crippen LogP contribution >= 0.6 is 11.6 Å². The van der Waals surface area contributed by atoms with Crippen LogP contribution in [0.2, 0.25) is 5.02 Å². The van der Waals surface area contributed by atoms with Crippen LogP contribution in [0, 0.1) is 11.8 Å². The van der Waals surface area contributed by atoms with Crippen LogP contribution in [0.4, 0.5) is 0 Å². The molecule has 8 heteroatoms. The van der Waals surface area contributed by atoms with E-state index in [-0.39, 0.29) is 23.8 Å². The summed E-state index contributed by atoms with van der Waals surface area (Å²) in [5.74, 6) is 1.11. The fraction of sp³-hybridized carbons (Fsp3) is 0.458. The van der Waals surface area contributed by atoms with Crippen LogP contribution in [0.3, 0.4) is 0 Å². The molecule has 2 fully saturated rings. The fourth-order valence-electron chi connectivity index (χ4n) is 3.58. The lowest BCUT2D eigenvalue weighted by Gasteiger charge is -2.32. The minimum absolute atomic E-state index is 0.0114. The summed E-state index contributed by atoms with van der Waals surface area (Å²) in [6.07, 6.45) is 4.08. The first-order chi connectivity index (χ1) is 15.4. The van der Waals surface area contributed by atoms with E-state index in [1.807, 2.05) is 38.1 Å². The minimum Gasteiger partial charge on any atom is -0.477 e. The number of nitrogens with one attached hydrogen (secondary N) is 3. The van der Waals surface area contributed by atoms with Crippen molar-refractivity contribution in [1.82, 2.24) is 20.9 Å². The van der Waals surface area contributed by atoms with Crippen molar-refractivity contribution in [3.63, 3.8) is 0 Å². The van der Waals surface area contributed by atoms with Gasteiger partial charge >= 0.3 is 0 Å². The average molecular weight is 457 g/mol. The number of pyridine rings is 1. The van der Waals surface area contributed by atoms with Gasteiger partial charge in [-0.3, -0.25) is 14.9 Å². The maximum Gasteiger partial charge on any atom is 0.223 e. The van der Waals surface area contributed by atoms with Crippen molar-refractivity contribution in [2.45, 2.75) is 51.9 Å². The number of hydrogen-bond acceptors (Lipinski definition) is 5. The first-order valence-electron chi connectivity index (χ1n) is 11.1. The molecule has 2 amide bonds. The number of rotatable bonds is 8. The van der Waals surface area contributed by atoms with Crippen LogP contribution in [0.5, 0.6) is 5.88 Å². The second-order valence-corrected chi connectivity index (χ2v) is 9.24. The zero-order chi connectivity index (χ0) is 22.7. The van der Waals surface area contributed by atoms with Gasteiger partial charge in [0.15, 0.2) is 0 Å². The highest BCUT2D eigenvalue weighted by Crippen LogP contribution is 2.31. The van der Waals surface area contributed by atoms with Gasteiger partial charge in [0.2, 0.25) is 17.7 Å². The Morgan fingerprint density at radius 3 is 2.78 bits per heavy atom. The molecular formula is C24H29ClN4O3. The summed E-state index contributed by atoms with van der Waals surface area (Å²) >= 11 is 6.46. The molecule has 3 N–H and O–H groups in total. The van der Waals surface area contributed by atoms with Crippen molar-refractivity contribution in [3.05, 3.63) is 58.2 Å². The molecule has 32 heavy (non-hydrogen) atoms. The molecule has 1 saturated heterocycles. The van der Waals surface area contributed by atoms with E-state index < -0.39 is 6.17 Å². The van der Waals surface area contributed by atoms with Crippen LogP contribution in [0.1, 0.15) is 62.0 Å². The number of benzene rings is 1. The summed E-state index contributed by atoms with van der Waals surface area (Å²) in [5, 5.41) is 9.88. The standard InChI is InChI=1S/C24H29ClN4O3/c1-14(2)24(31)27-11-16-5-7-19(25)18(9-16)23-28-20(10-21(30)29-23)17-6-8-22(26-12-17)32-13-15-3-4-15/h5-9,12,14-15,20,23,28H,3-4,10-11,13H2,1-2H3,(H,27,31)(H,29,30). The lowest BCUT2D eigenvalue weighted by molar-refractivity contribution is -0.125. The lowest BCUT2D eigenvalue weighted by atomic mass is 9.99. The number of halogens is 1. The van der Waals surface area contributed by atoms with E-state index in [0.717, 1.165) is 16.7 Å². The van der Waals surface area contributed by atoms with Crippen LogP contribution < -0.4 is 20.7 Å². The normalized spacial score (nSPS) is 20.7. The summed E-state index contributed by atoms with van der Waals surface area (Å²) in [7, 11) is 0. The van der Waals surface area contributed by atoms with Crippen molar-refractivity contribution < 1.29 is 14.3 Å². The zero-order valence-corrected chi connectivity index (χ0v) is 19.1. The monoisotopic (exact) mass is 456 g/mol. The average Bonchev–Trinajstić information content (AvgIpc) is 3.61. The Labute approximate surface area is 193 Å². The molecule has 4 rings (SSSR count). The molecule has 1 aromatic carbocycles. The molecular weight excluding hydrogens is 428 g/mol. The summed E-state index contributed by atoms with van der Waals surface area (Å²) in [6.45, 7) is 4.82. The summed E-state index contributed by atoms with van der Waals surface area (Å²) in [6, 6.07) is 9.18. The first kappa shape index (κ1) is 22.6. The topological polar surface area (TPSA) is 92.4 Å². The van der Waals surface area contributed by atoms with E-state index in [9.17, 15) is 9.59 Å². The van der Waals surface area contributed by atoms with Crippen molar-refractivity contribution in [3.8, 4) is 5.88 Å². The molecule has 2 heterocycles. The fourth-order valence-corrected chi connectivity index (χ4v) is 3.80. The smallest absolute Gasteiger partial charge is 0.223 e. The molecule has 2 aliphatic rings. The third-order valence-corrected chi connectivity index (χ3v) is 6.09. The summed E-state index contributed by atoms with van der Waals surface area (Å²) in [4.78, 5) is 28.8. The van der Waals surface area contributed by atoms with E-state index in [0.29, 0.717) is 36.4 Å². The molecule has 2 unspecified atom stereocenters. The van der Waals surface area contributed by atoms with E-state index >= 15 is 0 Å². The molecule has 170 valence electrons. The van der Waals surface area contributed by atoms with Gasteiger partial charge in [-0.05, 0) is 42.0 Å². The predicted molar refractivity (Wildman–Crippen MR) is 122 cm³/mol. The molecule has 1 aliphatic heterocycles. The maximum atomic E-state index is 12.5. The quantitative estimate of drug-likeness (QED) is 0.564. The van der Waals surface area contributed by atoms with Gasteiger partial charge in [0.25, 0.3) is 0 Å². The summed E-state index contributed by atoms with van der Waals surface area (Å²) in [5.41, 5.74) is 2.59. The van der Waals surface area contributed by atoms with Gasteiger partial charge in [-0.2, -0.15) is 0 Å². The Morgan fingerprint density at radius 2 is 2.09 bits per heavy atom. The molecule has 1 saturated carbocycles. The molecule has 0 radical (unpaired) electrons. The molecule has 1 aromatic heterocycles. The molecule has 0 bridgehead atoms. The van der Waals surface area contributed by atoms with Gasteiger partial charge in [-0.15, -0.1) is 0 Å². The second-order valence-electron chi connectivity index (χ2n) is 8.84. The van der Waals surface area contributed by atoms with E-state index in [1.54, 1.807) is 12.3 Å². The Kier molecular flexibility index (Phi) is 6.96. The molecule has 0 spiro atoms. The van der Waals surface area contributed by atoms with Crippen LogP contribution in [-0.4, -0.2) is 23.4 Å². The van der Waals surface area contributed by atoms with E-state index in [4.69, 9.17) is 16.3 Å². The second kappa shape index (κ2) is 9.88. The number of ether oxygens (including phenoxy) is 1. The highest BCUT2D eigenvalue weighted by molar-refractivity contribution is 6.31. The van der Waals surface area contributed by atoms with Crippen molar-refractivity contribution >= 4 is 23.4 Å². The highest BCUT2D eigenvalue weighted by Gasteiger charge is 2.29. The van der Waals surface area contributed by atoms with Gasteiger partial charge in [0, 0.05) is 47.8 Å². The van der Waals surface area contributed by atoms with E-state index in [1.165, 1.54) is 12.8 Å². The van der Waals surface area contributed by atoms with Crippen LogP contribution in [0.15, 0.2) is 36.5 Å². The van der Waals surface area contributed by atoms with Crippen molar-refractivity contribution in [2.24, 2.45) is 11.8 Å². The van der Waals surface area contributed by atoms with Crippen LogP contribution in [0.25, 0.3) is 0 Å². The number of aromatic nitrogens is 1. The number of amides is 2. The van der Waals surface area contributed by atoms with Crippen LogP contribution in [-0.2, 0) is 16.1 Å². The van der Waals surface area contributed by atoms with Crippen molar-refractivity contribution in [2.75, 3.05) is 6.61 Å². The minimum atomic E-state index is -0.444. The van der Waals surface area contributed by atoms with Crippen molar-refractivity contribution in [1.29, 1.82) is 0 Å². The van der Waals surface area contributed by atoms with Gasteiger partial charge in [0.1, 0.15) is 6.17 Å². The summed E-state index contributed by atoms with van der Waals surface area (Å²) < 4.78 is 5.71. The number of carbonyl (C=O) groups is 2. The Balaban J connectivity index is 1.45. The maximum absolute atomic E-state index is 12.5. The molecule has 2 aromatic rings. The Morgan fingerprint density at radius 1 is 1.28 bits per heavy atom. The number of hydrogen-bond donors (Lipinski definition) is 3. The largest absolute Gasteiger partial charge is 0.477 e. The van der Waals surface area contributed by atoms with Gasteiger partial charge in [-0.1, -0.05) is 37.6 Å². The highest BCUT2D eigenvalue weighted by atomic mass is 35.5. The van der Waals surface area contributed by atoms with Gasteiger partial charge in [-0.25, -0.2) is 4.98 Å². The number of nitrogens with zero attached hydrogens (tertiary/aromatic N) is 1. The predicted octanol–water partition coefficient (Wildman–Crippen LogP) is 3.65. The SMILES string of the molecule is CC(C)C(=O)NCc1ccc(Cl)c(C2NC(=O)CC(c3ccc(OCC4CC4)nc3)N2)c1.